The summed E-state index contributed by atoms with van der Waals surface area (Å²) in [6.07, 6.45) is 1.76. The molecule has 3 nitrogen and oxygen atoms in total. The Labute approximate surface area is 105 Å². The molecule has 3 aromatic rings. The summed E-state index contributed by atoms with van der Waals surface area (Å²) in [5, 5.41) is 2.15. The van der Waals surface area contributed by atoms with Gasteiger partial charge in [-0.2, -0.15) is 0 Å². The molecule has 0 aliphatic heterocycles. The third-order valence-corrected chi connectivity index (χ3v) is 3.20. The molecule has 1 aromatic carbocycles. The van der Waals surface area contributed by atoms with Crippen LogP contribution in [0.4, 0.5) is 0 Å². The molecule has 0 bridgehead atoms. The van der Waals surface area contributed by atoms with Gasteiger partial charge in [0.05, 0.1) is 12.6 Å². The summed E-state index contributed by atoms with van der Waals surface area (Å²) in [6.45, 7) is 4.11. The molecular formula is C15H14N2O. The van der Waals surface area contributed by atoms with E-state index in [0.29, 0.717) is 0 Å². The topological polar surface area (TPSA) is 35.0 Å². The lowest BCUT2D eigenvalue weighted by atomic mass is 10.1. The Morgan fingerprint density at radius 2 is 1.78 bits per heavy atom. The molecule has 0 fully saturated rings. The molecule has 0 aliphatic carbocycles. The molecule has 0 saturated carbocycles. The van der Waals surface area contributed by atoms with Crippen molar-refractivity contribution in [3.05, 3.63) is 41.7 Å². The average molecular weight is 238 g/mol. The monoisotopic (exact) mass is 238 g/mol. The fourth-order valence-corrected chi connectivity index (χ4v) is 2.39. The minimum absolute atomic E-state index is 0.836. The minimum atomic E-state index is 0.836. The van der Waals surface area contributed by atoms with Crippen LogP contribution < -0.4 is 4.74 Å². The molecule has 2 heterocycles. The van der Waals surface area contributed by atoms with E-state index in [1.165, 1.54) is 5.56 Å². The first-order valence-electron chi connectivity index (χ1n) is 5.90. The highest BCUT2D eigenvalue weighted by Gasteiger charge is 2.09. The summed E-state index contributed by atoms with van der Waals surface area (Å²) in [7, 11) is 1.67. The molecule has 0 radical (unpaired) electrons. The highest BCUT2D eigenvalue weighted by molar-refractivity contribution is 6.05. The summed E-state index contributed by atoms with van der Waals surface area (Å²) in [6, 6.07) is 8.10. The third kappa shape index (κ3) is 1.51. The van der Waals surface area contributed by atoms with E-state index in [0.717, 1.165) is 33.2 Å². The molecule has 18 heavy (non-hydrogen) atoms. The number of benzene rings is 1. The van der Waals surface area contributed by atoms with Crippen LogP contribution in [0.5, 0.6) is 5.75 Å². The molecule has 0 saturated heterocycles. The van der Waals surface area contributed by atoms with Crippen LogP contribution in [0.25, 0.3) is 21.8 Å². The Morgan fingerprint density at radius 1 is 1.00 bits per heavy atom. The van der Waals surface area contributed by atoms with Crippen LogP contribution in [0, 0.1) is 13.8 Å². The van der Waals surface area contributed by atoms with Crippen LogP contribution in [-0.4, -0.2) is 17.1 Å². The van der Waals surface area contributed by atoms with E-state index in [-0.39, 0.29) is 0 Å². The van der Waals surface area contributed by atoms with Gasteiger partial charge in [0.15, 0.2) is 0 Å². The molecule has 3 heteroatoms. The Morgan fingerprint density at radius 3 is 2.56 bits per heavy atom. The van der Waals surface area contributed by atoms with Crippen LogP contribution in [-0.2, 0) is 0 Å². The number of methoxy groups -OCH3 is 1. The second-order valence-corrected chi connectivity index (χ2v) is 4.45. The number of hydrogen-bond donors (Lipinski definition) is 0. The van der Waals surface area contributed by atoms with Gasteiger partial charge in [0.1, 0.15) is 11.3 Å². The molecule has 90 valence electrons. The average Bonchev–Trinajstić information content (AvgIpc) is 2.37. The number of aryl methyl sites for hydroxylation is 2. The number of ether oxygens (including phenoxy) is 1. The van der Waals surface area contributed by atoms with E-state index in [1.54, 1.807) is 13.3 Å². The van der Waals surface area contributed by atoms with Gasteiger partial charge in [-0.3, -0.25) is 9.97 Å². The van der Waals surface area contributed by atoms with Crippen LogP contribution in [0.3, 0.4) is 0 Å². The van der Waals surface area contributed by atoms with E-state index in [1.807, 2.05) is 19.1 Å². The maximum Gasteiger partial charge on any atom is 0.129 e. The maximum absolute atomic E-state index is 5.37. The fraction of sp³-hybridized carbons (Fsp3) is 0.200. The van der Waals surface area contributed by atoms with Gasteiger partial charge in [-0.15, -0.1) is 0 Å². The Bertz CT molecular complexity index is 750. The molecular weight excluding hydrogens is 224 g/mol. The molecule has 0 unspecified atom stereocenters. The molecule has 0 N–H and O–H groups in total. The zero-order valence-electron chi connectivity index (χ0n) is 10.7. The van der Waals surface area contributed by atoms with E-state index in [4.69, 9.17) is 4.74 Å². The van der Waals surface area contributed by atoms with Crippen molar-refractivity contribution in [2.75, 3.05) is 7.11 Å². The second-order valence-electron chi connectivity index (χ2n) is 4.45. The number of fused-ring (bicyclic) bond motifs is 3. The van der Waals surface area contributed by atoms with Crippen molar-refractivity contribution in [1.82, 2.24) is 9.97 Å². The van der Waals surface area contributed by atoms with Crippen molar-refractivity contribution in [2.24, 2.45) is 0 Å². The summed E-state index contributed by atoms with van der Waals surface area (Å²) < 4.78 is 5.37. The highest BCUT2D eigenvalue weighted by atomic mass is 16.5. The van der Waals surface area contributed by atoms with Crippen molar-refractivity contribution in [3.63, 3.8) is 0 Å². The quantitative estimate of drug-likeness (QED) is 0.609. The SMILES string of the molecule is COc1ccnc2c1ccc1c(C)cc(C)nc12. The van der Waals surface area contributed by atoms with Crippen molar-refractivity contribution in [3.8, 4) is 5.75 Å². The molecule has 0 amide bonds. The van der Waals surface area contributed by atoms with Gasteiger partial charge in [0.25, 0.3) is 0 Å². The molecule has 2 aromatic heterocycles. The first-order chi connectivity index (χ1) is 8.70. The van der Waals surface area contributed by atoms with Gasteiger partial charge >= 0.3 is 0 Å². The second kappa shape index (κ2) is 3.95. The standard InChI is InChI=1S/C15H14N2O/c1-9-8-10(2)17-15-11(9)4-5-12-13(18-3)6-7-16-14(12)15/h4-8H,1-3H3. The molecule has 0 aliphatic rings. The van der Waals surface area contributed by atoms with Crippen molar-refractivity contribution >= 4 is 21.8 Å². The summed E-state index contributed by atoms with van der Waals surface area (Å²) in [5.74, 6) is 0.836. The number of pyridine rings is 2. The predicted molar refractivity (Wildman–Crippen MR) is 73.1 cm³/mol. The van der Waals surface area contributed by atoms with Crippen LogP contribution in [0.15, 0.2) is 30.5 Å². The number of hydrogen-bond acceptors (Lipinski definition) is 3. The third-order valence-electron chi connectivity index (χ3n) is 3.20. The zero-order valence-corrected chi connectivity index (χ0v) is 10.7. The van der Waals surface area contributed by atoms with Gasteiger partial charge in [-0.25, -0.2) is 0 Å². The summed E-state index contributed by atoms with van der Waals surface area (Å²) in [4.78, 5) is 9.08. The number of aromatic nitrogens is 2. The maximum atomic E-state index is 5.37. The largest absolute Gasteiger partial charge is 0.496 e. The van der Waals surface area contributed by atoms with E-state index < -0.39 is 0 Å². The lowest BCUT2D eigenvalue weighted by Gasteiger charge is -2.09. The van der Waals surface area contributed by atoms with Crippen LogP contribution in [0.1, 0.15) is 11.3 Å². The van der Waals surface area contributed by atoms with E-state index in [2.05, 4.69) is 29.0 Å². The fourth-order valence-electron chi connectivity index (χ4n) is 2.39. The first-order valence-corrected chi connectivity index (χ1v) is 5.90. The van der Waals surface area contributed by atoms with E-state index in [9.17, 15) is 0 Å². The van der Waals surface area contributed by atoms with Crippen LogP contribution in [0.2, 0.25) is 0 Å². The van der Waals surface area contributed by atoms with Gasteiger partial charge in [0, 0.05) is 22.7 Å². The summed E-state index contributed by atoms with van der Waals surface area (Å²) >= 11 is 0. The normalized spacial score (nSPS) is 11.1. The van der Waals surface area contributed by atoms with Crippen molar-refractivity contribution in [2.45, 2.75) is 13.8 Å². The van der Waals surface area contributed by atoms with Crippen molar-refractivity contribution < 1.29 is 4.74 Å². The predicted octanol–water partition coefficient (Wildman–Crippen LogP) is 3.41. The summed E-state index contributed by atoms with van der Waals surface area (Å²) in [5.41, 5.74) is 4.09. The Hall–Kier alpha value is -2.16. The van der Waals surface area contributed by atoms with Gasteiger partial charge in [-0.1, -0.05) is 6.07 Å². The number of rotatable bonds is 1. The lowest BCUT2D eigenvalue weighted by molar-refractivity contribution is 0.419. The van der Waals surface area contributed by atoms with Gasteiger partial charge in [0.2, 0.25) is 0 Å². The molecule has 3 rings (SSSR count). The molecule has 0 spiro atoms. The lowest BCUT2D eigenvalue weighted by Crippen LogP contribution is -1.92. The number of nitrogens with zero attached hydrogens (tertiary/aromatic N) is 2. The highest BCUT2D eigenvalue weighted by Crippen LogP contribution is 2.30. The van der Waals surface area contributed by atoms with E-state index >= 15 is 0 Å². The molecule has 0 atom stereocenters. The van der Waals surface area contributed by atoms with Crippen LogP contribution >= 0.6 is 0 Å². The minimum Gasteiger partial charge on any atom is -0.496 e. The Balaban J connectivity index is 2.53. The first kappa shape index (κ1) is 11.0. The van der Waals surface area contributed by atoms with Gasteiger partial charge in [-0.05, 0) is 37.6 Å². The Kier molecular flexibility index (Phi) is 2.40. The van der Waals surface area contributed by atoms with Gasteiger partial charge < -0.3 is 4.74 Å². The van der Waals surface area contributed by atoms with Crippen molar-refractivity contribution in [1.29, 1.82) is 0 Å². The zero-order chi connectivity index (χ0) is 12.7. The smallest absolute Gasteiger partial charge is 0.129 e.